The smallest absolute Gasteiger partial charge is 0.0782 e. The number of pyridine rings is 1. The summed E-state index contributed by atoms with van der Waals surface area (Å²) < 4.78 is 0. The van der Waals surface area contributed by atoms with Crippen molar-refractivity contribution in [3.05, 3.63) is 102 Å². The first-order valence-electron chi connectivity index (χ1n) is 11.7. The lowest BCUT2D eigenvalue weighted by molar-refractivity contribution is 0.195. The van der Waals surface area contributed by atoms with E-state index in [9.17, 15) is 0 Å². The number of hydrogen-bond acceptors (Lipinski definition) is 4. The highest BCUT2D eigenvalue weighted by Crippen LogP contribution is 2.36. The third-order valence-corrected chi connectivity index (χ3v) is 6.36. The Kier molecular flexibility index (Phi) is 11.6. The van der Waals surface area contributed by atoms with E-state index in [4.69, 9.17) is 16.6 Å². The molecular formula is C29H37ClN4. The third kappa shape index (κ3) is 7.33. The van der Waals surface area contributed by atoms with Gasteiger partial charge in [0, 0.05) is 50.5 Å². The van der Waals surface area contributed by atoms with Gasteiger partial charge in [0.25, 0.3) is 0 Å². The fraction of sp³-hybridized carbons (Fsp3) is 0.345. The summed E-state index contributed by atoms with van der Waals surface area (Å²) in [4.78, 5) is 9.39. The van der Waals surface area contributed by atoms with Crippen LogP contribution in [0.3, 0.4) is 0 Å². The number of nitrogens with one attached hydrogen (secondary N) is 1. The molecule has 1 aromatic heterocycles. The molecule has 0 amide bonds. The molecule has 34 heavy (non-hydrogen) atoms. The highest BCUT2D eigenvalue weighted by Gasteiger charge is 2.30. The second-order valence-electron chi connectivity index (χ2n) is 8.19. The zero-order chi connectivity index (χ0) is 24.9. The summed E-state index contributed by atoms with van der Waals surface area (Å²) in [5.41, 5.74) is 6.38. The molecule has 0 bridgehead atoms. The number of rotatable bonds is 6. The van der Waals surface area contributed by atoms with Crippen molar-refractivity contribution in [2.24, 2.45) is 0 Å². The van der Waals surface area contributed by atoms with Crippen LogP contribution in [0, 0.1) is 12.8 Å². The molecule has 0 saturated carbocycles. The van der Waals surface area contributed by atoms with Crippen LogP contribution in [0.25, 0.3) is 0 Å². The number of halogens is 1. The van der Waals surface area contributed by atoms with Gasteiger partial charge in [-0.15, -0.1) is 12.8 Å². The van der Waals surface area contributed by atoms with Gasteiger partial charge in [0.1, 0.15) is 0 Å². The quantitative estimate of drug-likeness (QED) is 0.454. The molecule has 180 valence electrons. The van der Waals surface area contributed by atoms with Crippen molar-refractivity contribution >= 4 is 11.6 Å². The van der Waals surface area contributed by atoms with Crippen LogP contribution in [0.15, 0.2) is 74.1 Å². The topological polar surface area (TPSA) is 31.4 Å². The van der Waals surface area contributed by atoms with E-state index in [0.717, 1.165) is 62.7 Å². The first-order valence-corrected chi connectivity index (χ1v) is 12.1. The highest BCUT2D eigenvalue weighted by atomic mass is 35.5. The standard InChI is InChI=1S/C18H20ClN3.C9H15N.C2H2/c19-15-5-6-16-14(12-15)4-3-13-2-1-7-21-17(13)18(16)22-10-8-20-9-11-22;1-5-9(4)8-10(6-2)7-3;1-2/h1-2,5-7,12,18,20H,3-4,8-11H2;5-6H,1-2,4,7-8H2,3H3;1-2H/t18-;;/m1../s1. The normalized spacial score (nSPS) is 16.6. The Morgan fingerprint density at radius 3 is 2.56 bits per heavy atom. The first-order chi connectivity index (χ1) is 16.6. The maximum atomic E-state index is 6.24. The van der Waals surface area contributed by atoms with Gasteiger partial charge in [-0.1, -0.05) is 49.5 Å². The molecule has 1 N–H and O–H groups in total. The van der Waals surface area contributed by atoms with Gasteiger partial charge in [0.15, 0.2) is 0 Å². The Labute approximate surface area is 211 Å². The highest BCUT2D eigenvalue weighted by molar-refractivity contribution is 6.30. The number of fused-ring (bicyclic) bond motifs is 2. The van der Waals surface area contributed by atoms with Crippen LogP contribution in [0.4, 0.5) is 0 Å². The molecular weight excluding hydrogens is 440 g/mol. The fourth-order valence-corrected chi connectivity index (χ4v) is 4.52. The summed E-state index contributed by atoms with van der Waals surface area (Å²) in [5, 5.41) is 4.27. The Bertz CT molecular complexity index is 975. The third-order valence-electron chi connectivity index (χ3n) is 6.12. The molecule has 2 aliphatic rings. The lowest BCUT2D eigenvalue weighted by atomic mass is 9.96. The van der Waals surface area contributed by atoms with Crippen molar-refractivity contribution in [2.45, 2.75) is 25.8 Å². The number of terminal acetylenes is 1. The average Bonchev–Trinajstić information content (AvgIpc) is 3.05. The summed E-state index contributed by atoms with van der Waals surface area (Å²) in [7, 11) is 0. The van der Waals surface area contributed by atoms with Crippen molar-refractivity contribution in [3.8, 4) is 12.8 Å². The summed E-state index contributed by atoms with van der Waals surface area (Å²) in [6.45, 7) is 19.2. The Morgan fingerprint density at radius 1 is 1.21 bits per heavy atom. The zero-order valence-electron chi connectivity index (χ0n) is 20.3. The monoisotopic (exact) mass is 476 g/mol. The molecule has 4 nitrogen and oxygen atoms in total. The van der Waals surface area contributed by atoms with Crippen LogP contribution in [0.1, 0.15) is 35.3 Å². The number of likely N-dealkylation sites (N-methyl/N-ethyl adjacent to an activating group) is 1. The van der Waals surface area contributed by atoms with E-state index < -0.39 is 0 Å². The van der Waals surface area contributed by atoms with E-state index in [1.807, 2.05) is 18.5 Å². The van der Waals surface area contributed by atoms with Crippen molar-refractivity contribution in [1.29, 1.82) is 0 Å². The van der Waals surface area contributed by atoms with Crippen LogP contribution < -0.4 is 5.32 Å². The van der Waals surface area contributed by atoms with Gasteiger partial charge in [0.2, 0.25) is 0 Å². The van der Waals surface area contributed by atoms with Crippen LogP contribution >= 0.6 is 11.6 Å². The SMILES string of the molecule is C#C.C=CC(=C)CN(C=C)CC.Clc1ccc2c(c1)CCc1cccnc1[C@@H]2N1CCNCC1. The van der Waals surface area contributed by atoms with Gasteiger partial charge in [-0.05, 0) is 66.4 Å². The molecule has 1 aliphatic heterocycles. The van der Waals surface area contributed by atoms with Crippen LogP contribution in [-0.2, 0) is 12.8 Å². The maximum Gasteiger partial charge on any atom is 0.0782 e. The molecule has 0 spiro atoms. The van der Waals surface area contributed by atoms with Gasteiger partial charge in [-0.3, -0.25) is 9.88 Å². The maximum absolute atomic E-state index is 6.24. The van der Waals surface area contributed by atoms with Crippen LogP contribution in [0.5, 0.6) is 0 Å². The summed E-state index contributed by atoms with van der Waals surface area (Å²) in [6, 6.07) is 10.9. The number of piperazine rings is 1. The van der Waals surface area contributed by atoms with Crippen molar-refractivity contribution in [3.63, 3.8) is 0 Å². The number of aryl methyl sites for hydroxylation is 2. The van der Waals surface area contributed by atoms with Gasteiger partial charge < -0.3 is 10.2 Å². The van der Waals surface area contributed by atoms with Crippen molar-refractivity contribution in [1.82, 2.24) is 20.1 Å². The predicted molar refractivity (Wildman–Crippen MR) is 146 cm³/mol. The van der Waals surface area contributed by atoms with E-state index in [0.29, 0.717) is 0 Å². The molecule has 0 unspecified atom stereocenters. The minimum atomic E-state index is 0.257. The molecule has 1 saturated heterocycles. The fourth-order valence-electron chi connectivity index (χ4n) is 4.32. The Morgan fingerprint density at radius 2 is 1.91 bits per heavy atom. The molecule has 1 fully saturated rings. The minimum absolute atomic E-state index is 0.257. The molecule has 2 aromatic rings. The van der Waals surface area contributed by atoms with E-state index in [1.54, 1.807) is 6.08 Å². The van der Waals surface area contributed by atoms with Crippen LogP contribution in [-0.4, -0.2) is 54.1 Å². The molecule has 0 radical (unpaired) electrons. The largest absolute Gasteiger partial charge is 0.374 e. The number of aromatic nitrogens is 1. The van der Waals surface area contributed by atoms with E-state index in [2.05, 4.69) is 78.9 Å². The predicted octanol–water partition coefficient (Wildman–Crippen LogP) is 5.27. The second kappa shape index (κ2) is 14.4. The molecule has 5 heteroatoms. The van der Waals surface area contributed by atoms with Gasteiger partial charge in [-0.25, -0.2) is 0 Å². The van der Waals surface area contributed by atoms with Crippen molar-refractivity contribution < 1.29 is 0 Å². The van der Waals surface area contributed by atoms with E-state index in [-0.39, 0.29) is 6.04 Å². The second-order valence-corrected chi connectivity index (χ2v) is 8.62. The summed E-state index contributed by atoms with van der Waals surface area (Å²) in [5.74, 6) is 0. The van der Waals surface area contributed by atoms with Crippen LogP contribution in [0.2, 0.25) is 5.02 Å². The van der Waals surface area contributed by atoms with Gasteiger partial charge in [-0.2, -0.15) is 0 Å². The molecule has 1 aliphatic carbocycles. The lowest BCUT2D eigenvalue weighted by Gasteiger charge is -2.35. The summed E-state index contributed by atoms with van der Waals surface area (Å²) in [6.07, 6.45) is 15.6. The molecule has 2 heterocycles. The Hall–Kier alpha value is -2.84. The van der Waals surface area contributed by atoms with Gasteiger partial charge >= 0.3 is 0 Å². The Balaban J connectivity index is 0.000000290. The van der Waals surface area contributed by atoms with Crippen molar-refractivity contribution in [2.75, 3.05) is 39.3 Å². The molecule has 1 atom stereocenters. The van der Waals surface area contributed by atoms with E-state index in [1.165, 1.54) is 22.4 Å². The summed E-state index contributed by atoms with van der Waals surface area (Å²) >= 11 is 6.24. The number of hydrogen-bond donors (Lipinski definition) is 1. The zero-order valence-corrected chi connectivity index (χ0v) is 21.1. The molecule has 1 aromatic carbocycles. The number of benzene rings is 1. The first kappa shape index (κ1) is 27.4. The van der Waals surface area contributed by atoms with E-state index >= 15 is 0 Å². The minimum Gasteiger partial charge on any atom is -0.374 e. The average molecular weight is 477 g/mol. The lowest BCUT2D eigenvalue weighted by Crippen LogP contribution is -2.45. The molecule has 4 rings (SSSR count). The van der Waals surface area contributed by atoms with Gasteiger partial charge in [0.05, 0.1) is 11.7 Å². The number of nitrogens with zero attached hydrogens (tertiary/aromatic N) is 3.